The number of fused-ring (bicyclic) bond motifs is 1. The van der Waals surface area contributed by atoms with Gasteiger partial charge in [-0.05, 0) is 47.9 Å². The van der Waals surface area contributed by atoms with Crippen LogP contribution in [0.3, 0.4) is 0 Å². The van der Waals surface area contributed by atoms with Gasteiger partial charge in [-0.1, -0.05) is 48.5 Å². The Balaban J connectivity index is 1.43. The van der Waals surface area contributed by atoms with Crippen molar-refractivity contribution in [2.45, 2.75) is 18.6 Å². The molecule has 0 spiro atoms. The number of para-hydroxylation sites is 1. The number of alkyl halides is 3. The molecule has 0 saturated carbocycles. The van der Waals surface area contributed by atoms with Crippen molar-refractivity contribution in [1.29, 1.82) is 0 Å². The second-order valence-electron chi connectivity index (χ2n) is 9.59. The molecule has 0 radical (unpaired) electrons. The maximum Gasteiger partial charge on any atom is 0.416 e. The first-order valence-corrected chi connectivity index (χ1v) is 12.5. The van der Waals surface area contributed by atoms with E-state index in [9.17, 15) is 22.8 Å². The molecule has 200 valence electrons. The van der Waals surface area contributed by atoms with Crippen molar-refractivity contribution in [3.63, 3.8) is 0 Å². The van der Waals surface area contributed by atoms with Gasteiger partial charge in [-0.3, -0.25) is 9.59 Å². The Morgan fingerprint density at radius 1 is 1.00 bits per heavy atom. The smallest absolute Gasteiger partial charge is 0.399 e. The number of piperazine rings is 1. The van der Waals surface area contributed by atoms with Crippen LogP contribution in [0.25, 0.3) is 17.0 Å². The van der Waals surface area contributed by atoms with E-state index in [1.165, 1.54) is 12.1 Å². The predicted octanol–water partition coefficient (Wildman–Crippen LogP) is 5.38. The van der Waals surface area contributed by atoms with Crippen LogP contribution in [0.5, 0.6) is 0 Å². The summed E-state index contributed by atoms with van der Waals surface area (Å²) in [5, 5.41) is 0.987. The van der Waals surface area contributed by atoms with Gasteiger partial charge >= 0.3 is 6.18 Å². The van der Waals surface area contributed by atoms with E-state index in [4.69, 9.17) is 5.73 Å². The fourth-order valence-electron chi connectivity index (χ4n) is 4.99. The summed E-state index contributed by atoms with van der Waals surface area (Å²) in [6.45, 7) is 0.660. The predicted molar refractivity (Wildman–Crippen MR) is 145 cm³/mol. The number of carbonyl (C=O) groups is 2. The van der Waals surface area contributed by atoms with Crippen molar-refractivity contribution in [2.75, 3.05) is 25.4 Å². The zero-order chi connectivity index (χ0) is 27.6. The molecule has 39 heavy (non-hydrogen) atoms. The molecule has 0 bridgehead atoms. The number of anilines is 1. The van der Waals surface area contributed by atoms with Crippen molar-refractivity contribution < 1.29 is 22.8 Å². The minimum atomic E-state index is -4.63. The van der Waals surface area contributed by atoms with Gasteiger partial charge in [0.2, 0.25) is 5.91 Å². The molecule has 1 unspecified atom stereocenters. The SMILES string of the molecule is Nc1cc(C(=O)N2CCN(C(=O)/C=C/c3ccccc3)CC2Cc2c[nH]c3ccccc23)cc(C(F)(F)F)c1. The maximum absolute atomic E-state index is 13.6. The Morgan fingerprint density at radius 2 is 1.74 bits per heavy atom. The molecule has 1 saturated heterocycles. The summed E-state index contributed by atoms with van der Waals surface area (Å²) in [5.41, 5.74) is 7.27. The molecule has 1 fully saturated rings. The fraction of sp³-hybridized carbons (Fsp3) is 0.200. The number of benzene rings is 3. The second-order valence-corrected chi connectivity index (χ2v) is 9.59. The molecule has 4 aromatic rings. The van der Waals surface area contributed by atoms with Gasteiger partial charge in [-0.25, -0.2) is 0 Å². The second kappa shape index (κ2) is 10.7. The van der Waals surface area contributed by atoms with Gasteiger partial charge in [0.25, 0.3) is 5.91 Å². The third kappa shape index (κ3) is 5.82. The number of hydrogen-bond donors (Lipinski definition) is 2. The maximum atomic E-state index is 13.6. The van der Waals surface area contributed by atoms with Crippen molar-refractivity contribution in [3.05, 3.63) is 107 Å². The Labute approximate surface area is 223 Å². The molecule has 9 heteroatoms. The topological polar surface area (TPSA) is 82.4 Å². The highest BCUT2D eigenvalue weighted by molar-refractivity contribution is 5.96. The number of hydrogen-bond acceptors (Lipinski definition) is 3. The van der Waals surface area contributed by atoms with E-state index in [1.807, 2.05) is 60.8 Å². The lowest BCUT2D eigenvalue weighted by atomic mass is 9.99. The van der Waals surface area contributed by atoms with Crippen LogP contribution >= 0.6 is 0 Å². The summed E-state index contributed by atoms with van der Waals surface area (Å²) in [6, 6.07) is 19.6. The molecule has 5 rings (SSSR count). The van der Waals surface area contributed by atoms with Gasteiger partial charge in [0.05, 0.1) is 11.6 Å². The Hall–Kier alpha value is -4.53. The number of halogens is 3. The molecule has 0 aliphatic carbocycles. The van der Waals surface area contributed by atoms with Crippen LogP contribution in [0.1, 0.15) is 27.0 Å². The molecule has 3 aromatic carbocycles. The van der Waals surface area contributed by atoms with E-state index < -0.39 is 23.7 Å². The number of H-pyrrole nitrogens is 1. The molecule has 1 aliphatic heterocycles. The summed E-state index contributed by atoms with van der Waals surface area (Å²) in [7, 11) is 0. The number of nitrogen functional groups attached to an aromatic ring is 1. The number of amides is 2. The van der Waals surface area contributed by atoms with Crippen LogP contribution in [0.15, 0.2) is 85.1 Å². The fourth-order valence-corrected chi connectivity index (χ4v) is 4.99. The Bertz CT molecular complexity index is 1530. The highest BCUT2D eigenvalue weighted by Crippen LogP contribution is 2.32. The zero-order valence-electron chi connectivity index (χ0n) is 21.0. The number of nitrogens with two attached hydrogens (primary N) is 1. The lowest BCUT2D eigenvalue weighted by Crippen LogP contribution is -2.57. The van der Waals surface area contributed by atoms with E-state index in [0.717, 1.165) is 34.2 Å². The first-order chi connectivity index (χ1) is 18.7. The summed E-state index contributed by atoms with van der Waals surface area (Å²) in [5.74, 6) is -0.747. The zero-order valence-corrected chi connectivity index (χ0v) is 21.0. The summed E-state index contributed by atoms with van der Waals surface area (Å²) in [4.78, 5) is 33.1. The van der Waals surface area contributed by atoms with E-state index in [-0.39, 0.29) is 36.8 Å². The number of nitrogens with one attached hydrogen (secondary N) is 1. The van der Waals surface area contributed by atoms with Crippen molar-refractivity contribution >= 4 is 34.5 Å². The highest BCUT2D eigenvalue weighted by Gasteiger charge is 2.35. The third-order valence-electron chi connectivity index (χ3n) is 6.93. The summed E-state index contributed by atoms with van der Waals surface area (Å²) in [6.07, 6.45) is 0.884. The molecule has 3 N–H and O–H groups in total. The number of aromatic nitrogens is 1. The monoisotopic (exact) mass is 532 g/mol. The van der Waals surface area contributed by atoms with Gasteiger partial charge in [0.15, 0.2) is 0 Å². The van der Waals surface area contributed by atoms with Crippen LogP contribution < -0.4 is 5.73 Å². The minimum Gasteiger partial charge on any atom is -0.399 e. The van der Waals surface area contributed by atoms with Crippen LogP contribution in [-0.2, 0) is 17.4 Å². The van der Waals surface area contributed by atoms with Gasteiger partial charge in [-0.2, -0.15) is 13.2 Å². The average molecular weight is 533 g/mol. The first-order valence-electron chi connectivity index (χ1n) is 12.5. The molecular formula is C30H27F3N4O2. The lowest BCUT2D eigenvalue weighted by Gasteiger charge is -2.41. The van der Waals surface area contributed by atoms with E-state index in [1.54, 1.807) is 15.9 Å². The first kappa shape index (κ1) is 26.1. The highest BCUT2D eigenvalue weighted by atomic mass is 19.4. The van der Waals surface area contributed by atoms with Gasteiger partial charge < -0.3 is 20.5 Å². The van der Waals surface area contributed by atoms with E-state index in [2.05, 4.69) is 4.98 Å². The lowest BCUT2D eigenvalue weighted by molar-refractivity contribution is -0.137. The van der Waals surface area contributed by atoms with E-state index >= 15 is 0 Å². The van der Waals surface area contributed by atoms with Crippen LogP contribution in [0.4, 0.5) is 18.9 Å². The third-order valence-corrected chi connectivity index (χ3v) is 6.93. The Morgan fingerprint density at radius 3 is 2.51 bits per heavy atom. The number of aromatic amines is 1. The molecule has 1 aliphatic rings. The molecule has 2 amide bonds. The van der Waals surface area contributed by atoms with Crippen LogP contribution in [-0.4, -0.2) is 52.3 Å². The molecule has 2 heterocycles. The normalized spacial score (nSPS) is 16.2. The number of nitrogens with zero attached hydrogens (tertiary/aromatic N) is 2. The van der Waals surface area contributed by atoms with Crippen molar-refractivity contribution in [1.82, 2.24) is 14.8 Å². The standard InChI is InChI=1S/C30H27F3N4O2/c31-30(32,33)23-14-21(15-24(34)17-23)29(39)37-13-12-36(28(38)11-10-20-6-2-1-3-7-20)19-25(37)16-22-18-35-27-9-5-4-8-26(22)27/h1-11,14-15,17-18,25,35H,12-13,16,19,34H2/b11-10+. The largest absolute Gasteiger partial charge is 0.416 e. The molecule has 6 nitrogen and oxygen atoms in total. The van der Waals surface area contributed by atoms with Crippen LogP contribution in [0.2, 0.25) is 0 Å². The van der Waals surface area contributed by atoms with Crippen molar-refractivity contribution in [2.24, 2.45) is 0 Å². The molecule has 1 atom stereocenters. The van der Waals surface area contributed by atoms with Gasteiger partial charge in [0, 0.05) is 54.1 Å². The minimum absolute atomic E-state index is 0.130. The van der Waals surface area contributed by atoms with E-state index in [0.29, 0.717) is 6.42 Å². The average Bonchev–Trinajstić information content (AvgIpc) is 3.34. The van der Waals surface area contributed by atoms with Gasteiger partial charge in [0.1, 0.15) is 0 Å². The number of carbonyl (C=O) groups excluding carboxylic acids is 2. The molecule has 1 aromatic heterocycles. The summed E-state index contributed by atoms with van der Waals surface area (Å²) >= 11 is 0. The van der Waals surface area contributed by atoms with Gasteiger partial charge in [-0.15, -0.1) is 0 Å². The quantitative estimate of drug-likeness (QED) is 0.268. The van der Waals surface area contributed by atoms with Crippen LogP contribution in [0, 0.1) is 0 Å². The Kier molecular flexibility index (Phi) is 7.15. The summed E-state index contributed by atoms with van der Waals surface area (Å²) < 4.78 is 40.3. The number of rotatable bonds is 5. The van der Waals surface area contributed by atoms with Crippen molar-refractivity contribution in [3.8, 4) is 0 Å². The molecular weight excluding hydrogens is 505 g/mol.